The third kappa shape index (κ3) is 2.27. The molecule has 0 atom stereocenters. The number of aromatic nitrogens is 4. The summed E-state index contributed by atoms with van der Waals surface area (Å²) in [7, 11) is 0. The maximum absolute atomic E-state index is 11.8. The standard InChI is InChI=1S/C10H14N4OS/c15-10-13-6-4-11-8-9(13)12-14(10)5-2-1-3-7-16/h4,6,8,16H,1-3,5,7H2. The average molecular weight is 238 g/mol. The molecule has 0 fully saturated rings. The minimum Gasteiger partial charge on any atom is -0.259 e. The Morgan fingerprint density at radius 3 is 2.94 bits per heavy atom. The molecule has 16 heavy (non-hydrogen) atoms. The Labute approximate surface area is 98.5 Å². The first-order valence-electron chi connectivity index (χ1n) is 5.33. The summed E-state index contributed by atoms with van der Waals surface area (Å²) in [6.07, 6.45) is 7.91. The Morgan fingerprint density at radius 1 is 1.31 bits per heavy atom. The summed E-state index contributed by atoms with van der Waals surface area (Å²) in [5.41, 5.74) is 0.505. The predicted molar refractivity (Wildman–Crippen MR) is 65.0 cm³/mol. The molecule has 0 spiro atoms. The van der Waals surface area contributed by atoms with Crippen LogP contribution in [-0.2, 0) is 6.54 Å². The maximum Gasteiger partial charge on any atom is 0.350 e. The van der Waals surface area contributed by atoms with Gasteiger partial charge in [0.1, 0.15) is 0 Å². The van der Waals surface area contributed by atoms with Gasteiger partial charge in [0.15, 0.2) is 5.65 Å². The van der Waals surface area contributed by atoms with Gasteiger partial charge in [-0.1, -0.05) is 6.42 Å². The van der Waals surface area contributed by atoms with E-state index in [1.807, 2.05) is 0 Å². The highest BCUT2D eigenvalue weighted by atomic mass is 32.1. The van der Waals surface area contributed by atoms with Crippen molar-refractivity contribution in [3.8, 4) is 0 Å². The Balaban J connectivity index is 2.13. The van der Waals surface area contributed by atoms with Gasteiger partial charge >= 0.3 is 5.69 Å². The van der Waals surface area contributed by atoms with Crippen molar-refractivity contribution in [2.24, 2.45) is 0 Å². The molecule has 0 aliphatic heterocycles. The van der Waals surface area contributed by atoms with Crippen LogP contribution in [0.1, 0.15) is 19.3 Å². The van der Waals surface area contributed by atoms with Crippen LogP contribution in [0.2, 0.25) is 0 Å². The first kappa shape index (κ1) is 11.2. The van der Waals surface area contributed by atoms with Gasteiger partial charge in [0.05, 0.1) is 6.20 Å². The van der Waals surface area contributed by atoms with Crippen LogP contribution >= 0.6 is 12.6 Å². The van der Waals surface area contributed by atoms with E-state index in [-0.39, 0.29) is 5.69 Å². The van der Waals surface area contributed by atoms with Crippen LogP contribution in [-0.4, -0.2) is 24.9 Å². The van der Waals surface area contributed by atoms with Gasteiger partial charge in [-0.15, -0.1) is 5.10 Å². The zero-order valence-corrected chi connectivity index (χ0v) is 9.81. The summed E-state index contributed by atoms with van der Waals surface area (Å²) in [6.45, 7) is 0.661. The molecule has 0 amide bonds. The van der Waals surface area contributed by atoms with E-state index in [0.29, 0.717) is 12.2 Å². The van der Waals surface area contributed by atoms with Gasteiger partial charge in [-0.3, -0.25) is 4.98 Å². The molecule has 2 heterocycles. The zero-order chi connectivity index (χ0) is 11.4. The Hall–Kier alpha value is -1.30. The molecule has 2 aromatic heterocycles. The van der Waals surface area contributed by atoms with Crippen molar-refractivity contribution in [2.45, 2.75) is 25.8 Å². The van der Waals surface area contributed by atoms with E-state index in [2.05, 4.69) is 22.7 Å². The number of rotatable bonds is 5. The second-order valence-electron chi connectivity index (χ2n) is 3.59. The molecule has 2 aromatic rings. The molecular weight excluding hydrogens is 224 g/mol. The van der Waals surface area contributed by atoms with E-state index in [0.717, 1.165) is 25.0 Å². The molecule has 2 rings (SSSR count). The van der Waals surface area contributed by atoms with Crippen LogP contribution in [0.5, 0.6) is 0 Å². The largest absolute Gasteiger partial charge is 0.350 e. The van der Waals surface area contributed by atoms with Gasteiger partial charge in [0.25, 0.3) is 0 Å². The molecule has 0 N–H and O–H groups in total. The highest BCUT2D eigenvalue weighted by Crippen LogP contribution is 1.99. The summed E-state index contributed by atoms with van der Waals surface area (Å²) >= 11 is 4.15. The molecule has 0 aliphatic rings. The van der Waals surface area contributed by atoms with Crippen molar-refractivity contribution in [3.63, 3.8) is 0 Å². The average Bonchev–Trinajstić information content (AvgIpc) is 2.63. The van der Waals surface area contributed by atoms with Crippen LogP contribution in [0.3, 0.4) is 0 Å². The lowest BCUT2D eigenvalue weighted by atomic mass is 10.2. The molecule has 0 bridgehead atoms. The van der Waals surface area contributed by atoms with E-state index in [9.17, 15) is 4.79 Å². The smallest absolute Gasteiger partial charge is 0.259 e. The number of thiol groups is 1. The molecule has 5 nitrogen and oxygen atoms in total. The molecule has 0 aromatic carbocycles. The van der Waals surface area contributed by atoms with Crippen molar-refractivity contribution < 1.29 is 0 Å². The fraction of sp³-hybridized carbons (Fsp3) is 0.500. The quantitative estimate of drug-likeness (QED) is 0.624. The monoisotopic (exact) mass is 238 g/mol. The highest BCUT2D eigenvalue weighted by Gasteiger charge is 2.04. The number of aryl methyl sites for hydroxylation is 1. The van der Waals surface area contributed by atoms with Gasteiger partial charge in [0, 0.05) is 18.9 Å². The lowest BCUT2D eigenvalue weighted by Gasteiger charge is -1.97. The van der Waals surface area contributed by atoms with E-state index in [1.54, 1.807) is 18.6 Å². The fourth-order valence-electron chi connectivity index (χ4n) is 1.58. The summed E-state index contributed by atoms with van der Waals surface area (Å²) in [6, 6.07) is 0. The third-order valence-corrected chi connectivity index (χ3v) is 2.73. The fourth-order valence-corrected chi connectivity index (χ4v) is 1.80. The van der Waals surface area contributed by atoms with Gasteiger partial charge in [-0.05, 0) is 18.6 Å². The van der Waals surface area contributed by atoms with Gasteiger partial charge in [-0.2, -0.15) is 12.6 Å². The van der Waals surface area contributed by atoms with Crippen molar-refractivity contribution in [3.05, 3.63) is 29.1 Å². The van der Waals surface area contributed by atoms with E-state index >= 15 is 0 Å². The molecule has 0 unspecified atom stereocenters. The Bertz CT molecular complexity index is 519. The van der Waals surface area contributed by atoms with Crippen molar-refractivity contribution in [1.82, 2.24) is 19.2 Å². The Kier molecular flexibility index (Phi) is 3.61. The number of nitrogens with zero attached hydrogens (tertiary/aromatic N) is 4. The summed E-state index contributed by atoms with van der Waals surface area (Å²) in [5, 5.41) is 4.20. The summed E-state index contributed by atoms with van der Waals surface area (Å²) in [4.78, 5) is 15.7. The van der Waals surface area contributed by atoms with Gasteiger partial charge < -0.3 is 0 Å². The zero-order valence-electron chi connectivity index (χ0n) is 8.91. The van der Waals surface area contributed by atoms with Crippen LogP contribution < -0.4 is 5.69 Å². The van der Waals surface area contributed by atoms with E-state index in [1.165, 1.54) is 9.08 Å². The van der Waals surface area contributed by atoms with Crippen molar-refractivity contribution in [2.75, 3.05) is 5.75 Å². The second-order valence-corrected chi connectivity index (χ2v) is 4.04. The first-order valence-corrected chi connectivity index (χ1v) is 5.96. The summed E-state index contributed by atoms with van der Waals surface area (Å²) in [5.74, 6) is 0.893. The van der Waals surface area contributed by atoms with Gasteiger partial charge in [0.2, 0.25) is 0 Å². The lowest BCUT2D eigenvalue weighted by Crippen LogP contribution is -2.21. The predicted octanol–water partition coefficient (Wildman–Crippen LogP) is 0.991. The van der Waals surface area contributed by atoms with E-state index in [4.69, 9.17) is 0 Å². The molecule has 6 heteroatoms. The second kappa shape index (κ2) is 5.16. The number of hydrogen-bond donors (Lipinski definition) is 1. The third-order valence-electron chi connectivity index (χ3n) is 2.42. The van der Waals surface area contributed by atoms with Crippen LogP contribution in [0.25, 0.3) is 5.65 Å². The molecule has 0 radical (unpaired) electrons. The molecule has 0 saturated carbocycles. The molecular formula is C10H14N4OS. The Morgan fingerprint density at radius 2 is 2.19 bits per heavy atom. The van der Waals surface area contributed by atoms with Crippen molar-refractivity contribution in [1.29, 1.82) is 0 Å². The molecule has 0 aliphatic carbocycles. The normalized spacial score (nSPS) is 11.1. The van der Waals surface area contributed by atoms with Crippen LogP contribution in [0.4, 0.5) is 0 Å². The van der Waals surface area contributed by atoms with Crippen molar-refractivity contribution >= 4 is 18.3 Å². The van der Waals surface area contributed by atoms with Gasteiger partial charge in [-0.25, -0.2) is 13.9 Å². The number of fused-ring (bicyclic) bond motifs is 1. The number of hydrogen-bond acceptors (Lipinski definition) is 4. The lowest BCUT2D eigenvalue weighted by molar-refractivity contribution is 0.539. The topological polar surface area (TPSA) is 52.2 Å². The minimum atomic E-state index is -0.0942. The SMILES string of the molecule is O=c1n(CCCCCS)nc2cnccn12. The maximum atomic E-state index is 11.8. The van der Waals surface area contributed by atoms with Crippen LogP contribution in [0, 0.1) is 0 Å². The molecule has 0 saturated heterocycles. The number of unbranched alkanes of at least 4 members (excludes halogenated alkanes) is 2. The highest BCUT2D eigenvalue weighted by molar-refractivity contribution is 7.80. The van der Waals surface area contributed by atoms with E-state index < -0.39 is 0 Å². The minimum absolute atomic E-state index is 0.0942. The first-order chi connectivity index (χ1) is 7.83. The summed E-state index contributed by atoms with van der Waals surface area (Å²) < 4.78 is 3.00. The van der Waals surface area contributed by atoms with Crippen LogP contribution in [0.15, 0.2) is 23.4 Å². The molecule has 86 valence electrons.